The smallest absolute Gasteiger partial charge is 0.372 e. The first kappa shape index (κ1) is 44.6. The molecule has 0 aromatic heterocycles. The molecule has 0 N–H and O–H groups in total. The van der Waals surface area contributed by atoms with Crippen LogP contribution in [0.4, 0.5) is 0 Å². The van der Waals surface area contributed by atoms with Crippen LogP contribution in [0.3, 0.4) is 0 Å². The Labute approximate surface area is 375 Å². The van der Waals surface area contributed by atoms with Crippen molar-refractivity contribution in [3.8, 4) is 22.3 Å². The van der Waals surface area contributed by atoms with Crippen molar-refractivity contribution < 1.29 is 25.8 Å². The summed E-state index contributed by atoms with van der Waals surface area (Å²) in [6, 6.07) is 62.6. The maximum Gasteiger partial charge on any atom is 4.00 e. The van der Waals surface area contributed by atoms with E-state index in [0.29, 0.717) is 0 Å². The van der Waals surface area contributed by atoms with E-state index in [1.807, 2.05) is 0 Å². The molecule has 0 radical (unpaired) electrons. The summed E-state index contributed by atoms with van der Waals surface area (Å²) in [4.78, 5) is 0. The van der Waals surface area contributed by atoms with Crippen molar-refractivity contribution in [3.05, 3.63) is 195 Å². The average Bonchev–Trinajstić information content (AvgIpc) is 3.84. The normalized spacial score (nSPS) is 10.7. The first-order valence-corrected chi connectivity index (χ1v) is 19.9. The fourth-order valence-electron chi connectivity index (χ4n) is 8.50. The summed E-state index contributed by atoms with van der Waals surface area (Å²) < 4.78 is 0. The molecular weight excluding hydrogens is 910 g/mol. The Bertz CT molecular complexity index is 2600. The van der Waals surface area contributed by atoms with Gasteiger partial charge < -0.3 is 20.3 Å². The van der Waals surface area contributed by atoms with Crippen LogP contribution in [0.15, 0.2) is 170 Å². The van der Waals surface area contributed by atoms with Crippen LogP contribution < -0.4 is 0 Å². The zero-order valence-corrected chi connectivity index (χ0v) is 38.7. The molecule has 288 valence electrons. The summed E-state index contributed by atoms with van der Waals surface area (Å²) in [6.07, 6.45) is 5.40. The molecule has 0 saturated carbocycles. The van der Waals surface area contributed by atoms with Gasteiger partial charge in [0.1, 0.15) is 0 Å². The van der Waals surface area contributed by atoms with Gasteiger partial charge in [-0.3, -0.25) is 0 Å². The van der Waals surface area contributed by atoms with Crippen LogP contribution in [0, 0.1) is 13.8 Å². The fourth-order valence-corrected chi connectivity index (χ4v) is 8.50. The second kappa shape index (κ2) is 20.4. The van der Waals surface area contributed by atoms with E-state index >= 15 is 0 Å². The molecule has 0 heterocycles. The van der Waals surface area contributed by atoms with E-state index in [-0.39, 0.29) is 50.7 Å². The second-order valence-electron chi connectivity index (χ2n) is 14.6. The topological polar surface area (TPSA) is 0 Å². The average molecular weight is 960 g/mol. The molecule has 10 aromatic carbocycles. The quantitative estimate of drug-likeness (QED) is 0.0885. The van der Waals surface area contributed by atoms with Crippen LogP contribution in [0.5, 0.6) is 0 Å². The Morgan fingerprint density at radius 2 is 0.707 bits per heavy atom. The van der Waals surface area contributed by atoms with E-state index in [1.54, 1.807) is 0 Å². The minimum absolute atomic E-state index is 0. The van der Waals surface area contributed by atoms with Crippen molar-refractivity contribution in [2.45, 2.75) is 46.0 Å². The van der Waals surface area contributed by atoms with Gasteiger partial charge in [-0.2, -0.15) is 12.1 Å². The second-order valence-corrected chi connectivity index (χ2v) is 14.6. The Kier molecular flexibility index (Phi) is 15.7. The number of hydrogen-bond acceptors (Lipinski definition) is 0. The monoisotopic (exact) mass is 960 g/mol. The molecular formula is C55H50Cl2Hf. The largest absolute Gasteiger partial charge is 4.00 e. The van der Waals surface area contributed by atoms with Crippen molar-refractivity contribution in [2.24, 2.45) is 0 Å². The van der Waals surface area contributed by atoms with E-state index < -0.39 is 0 Å². The van der Waals surface area contributed by atoms with E-state index in [0.717, 1.165) is 19.3 Å². The van der Waals surface area contributed by atoms with Gasteiger partial charge in [0.25, 0.3) is 0 Å². The van der Waals surface area contributed by atoms with Gasteiger partial charge >= 0.3 is 25.8 Å². The molecule has 0 saturated heterocycles. The Morgan fingerprint density at radius 1 is 0.397 bits per heavy atom. The third-order valence-corrected chi connectivity index (χ3v) is 10.8. The minimum Gasteiger partial charge on any atom is -0.372 e. The van der Waals surface area contributed by atoms with Crippen LogP contribution in [-0.2, 0) is 38.7 Å². The summed E-state index contributed by atoms with van der Waals surface area (Å²) in [5.74, 6) is 0. The molecule has 0 aliphatic rings. The Morgan fingerprint density at radius 3 is 1.02 bits per heavy atom. The third-order valence-electron chi connectivity index (χ3n) is 10.8. The van der Waals surface area contributed by atoms with Crippen LogP contribution in [-0.4, -0.2) is 0 Å². The summed E-state index contributed by atoms with van der Waals surface area (Å²) in [6.45, 7) is 11.2. The summed E-state index contributed by atoms with van der Waals surface area (Å²) >= 11 is 0. The molecule has 10 rings (SSSR count). The van der Waals surface area contributed by atoms with Gasteiger partial charge in [-0.05, 0) is 79.2 Å². The third kappa shape index (κ3) is 8.89. The number of fused-ring (bicyclic) bond motifs is 6. The molecule has 0 amide bonds. The molecule has 3 heteroatoms. The summed E-state index contributed by atoms with van der Waals surface area (Å²) in [7, 11) is 0. The molecule has 0 spiro atoms. The van der Waals surface area contributed by atoms with Crippen LogP contribution in [0.1, 0.15) is 44.2 Å². The standard InChI is InChI=1S/2C26H21.C3H6.2ClH.Hf/c2*1-2-8-18-15-19-11-7-14-24(25(19)16-18)26-22-12-5-3-9-20(22)17-21-10-4-6-13-23(21)26;1-3-2;;;/h2*3-7,9-17H,2,8H2,1H3;1-3H2;2*1H;/q2*-1;-2;;;+4. The van der Waals surface area contributed by atoms with Crippen molar-refractivity contribution >= 4 is 89.4 Å². The van der Waals surface area contributed by atoms with E-state index in [9.17, 15) is 0 Å². The van der Waals surface area contributed by atoms with Crippen molar-refractivity contribution in [1.82, 2.24) is 0 Å². The Hall–Kier alpha value is -4.53. The van der Waals surface area contributed by atoms with Crippen molar-refractivity contribution in [1.29, 1.82) is 0 Å². The molecule has 10 aromatic rings. The number of benzene rings is 8. The first-order valence-electron chi connectivity index (χ1n) is 19.9. The zero-order chi connectivity index (χ0) is 37.7. The molecule has 0 bridgehead atoms. The molecule has 0 fully saturated rings. The van der Waals surface area contributed by atoms with Crippen LogP contribution >= 0.6 is 24.8 Å². The maximum absolute atomic E-state index is 3.38. The Balaban J connectivity index is 0.000000198. The minimum atomic E-state index is 0. The maximum atomic E-state index is 3.38. The molecule has 0 atom stereocenters. The molecule has 58 heavy (non-hydrogen) atoms. The van der Waals surface area contributed by atoms with Crippen LogP contribution in [0.25, 0.3) is 86.9 Å². The fraction of sp³-hybridized carbons (Fsp3) is 0.127. The number of hydrogen-bond donors (Lipinski definition) is 0. The molecule has 0 aliphatic carbocycles. The number of halogens is 2. The summed E-state index contributed by atoms with van der Waals surface area (Å²) in [5.41, 5.74) is 8.30. The molecule has 0 nitrogen and oxygen atoms in total. The SMILES string of the molecule is CCCc1cc2c(-c3c4ccccc4cc4ccccc34)cccc2[cH-]1.CCCc1cc2c(-c3c4ccccc4cc4ccccc34)cccc2[cH-]1.Cl.Cl.[CH2-]C[CH2-].[Hf+4]. The van der Waals surface area contributed by atoms with Gasteiger partial charge in [-0.15, -0.1) is 93.9 Å². The zero-order valence-electron chi connectivity index (χ0n) is 33.4. The van der Waals surface area contributed by atoms with Gasteiger partial charge in [0.15, 0.2) is 0 Å². The number of aryl methyl sites for hydroxylation is 2. The first-order chi connectivity index (χ1) is 27.1. The number of rotatable bonds is 6. The van der Waals surface area contributed by atoms with Gasteiger partial charge in [0.2, 0.25) is 0 Å². The molecule has 0 unspecified atom stereocenters. The predicted octanol–water partition coefficient (Wildman–Crippen LogP) is 16.9. The summed E-state index contributed by atoms with van der Waals surface area (Å²) in [5, 5.41) is 16.0. The van der Waals surface area contributed by atoms with E-state index in [2.05, 4.69) is 198 Å². The van der Waals surface area contributed by atoms with Gasteiger partial charge in [-0.25, -0.2) is 0 Å². The van der Waals surface area contributed by atoms with Gasteiger partial charge in [0, 0.05) is 0 Å². The van der Waals surface area contributed by atoms with Crippen molar-refractivity contribution in [2.75, 3.05) is 0 Å². The van der Waals surface area contributed by atoms with E-state index in [4.69, 9.17) is 0 Å². The van der Waals surface area contributed by atoms with Crippen LogP contribution in [0.2, 0.25) is 0 Å². The van der Waals surface area contributed by atoms with E-state index in [1.165, 1.54) is 111 Å². The molecule has 0 aliphatic heterocycles. The van der Waals surface area contributed by atoms with Gasteiger partial charge in [0.05, 0.1) is 0 Å². The predicted molar refractivity (Wildman–Crippen MR) is 258 cm³/mol. The van der Waals surface area contributed by atoms with Crippen molar-refractivity contribution in [3.63, 3.8) is 0 Å². The van der Waals surface area contributed by atoms with Gasteiger partial charge in [-0.1, -0.05) is 147 Å².